The first-order valence-corrected chi connectivity index (χ1v) is 8.83. The second-order valence-corrected chi connectivity index (χ2v) is 6.82. The van der Waals surface area contributed by atoms with Crippen molar-refractivity contribution in [3.63, 3.8) is 0 Å². The number of nitrogens with zero attached hydrogens (tertiary/aromatic N) is 1. The van der Waals surface area contributed by atoms with E-state index in [0.717, 1.165) is 31.3 Å². The number of amides is 1. The second kappa shape index (κ2) is 9.38. The Balaban J connectivity index is 1.55. The molecule has 0 unspecified atom stereocenters. The summed E-state index contributed by atoms with van der Waals surface area (Å²) < 4.78 is 0. The number of nitrogens with one attached hydrogen (secondary N) is 1. The van der Waals surface area contributed by atoms with Gasteiger partial charge in [-0.05, 0) is 37.5 Å². The molecule has 2 saturated carbocycles. The van der Waals surface area contributed by atoms with Gasteiger partial charge in [0.15, 0.2) is 0 Å². The molecule has 3 nitrogen and oxygen atoms in total. The first-order valence-electron chi connectivity index (χ1n) is 8.83. The largest absolute Gasteiger partial charge is 0.292 e. The Morgan fingerprint density at radius 2 is 1.30 bits per heavy atom. The van der Waals surface area contributed by atoms with Crippen molar-refractivity contribution in [1.29, 1.82) is 0 Å². The van der Waals surface area contributed by atoms with Crippen LogP contribution in [-0.4, -0.2) is 24.5 Å². The van der Waals surface area contributed by atoms with E-state index in [4.69, 9.17) is 0 Å². The third-order valence-corrected chi connectivity index (χ3v) is 5.27. The fraction of sp³-hybridized carbons (Fsp3) is 0.941. The van der Waals surface area contributed by atoms with E-state index in [1.54, 1.807) is 0 Å². The van der Waals surface area contributed by atoms with Crippen molar-refractivity contribution in [2.75, 3.05) is 13.1 Å². The summed E-state index contributed by atoms with van der Waals surface area (Å²) in [7, 11) is 0. The van der Waals surface area contributed by atoms with Crippen molar-refractivity contribution >= 4 is 6.41 Å². The maximum absolute atomic E-state index is 10.7. The van der Waals surface area contributed by atoms with E-state index >= 15 is 0 Å². The van der Waals surface area contributed by atoms with Crippen LogP contribution in [0.1, 0.15) is 77.0 Å². The number of carbonyl (C=O) groups excluding carboxylic acids is 1. The molecule has 0 saturated heterocycles. The lowest BCUT2D eigenvalue weighted by atomic mass is 10.0. The number of hydrogen-bond donors (Lipinski definition) is 1. The molecule has 0 aromatic rings. The third-order valence-electron chi connectivity index (χ3n) is 5.27. The van der Waals surface area contributed by atoms with Gasteiger partial charge in [0.1, 0.15) is 0 Å². The molecule has 0 aromatic heterocycles. The molecule has 1 N–H and O–H groups in total. The van der Waals surface area contributed by atoms with Gasteiger partial charge in [-0.3, -0.25) is 10.2 Å². The summed E-state index contributed by atoms with van der Waals surface area (Å²) in [5, 5.41) is 2.14. The predicted octanol–water partition coefficient (Wildman–Crippen LogP) is 3.89. The summed E-state index contributed by atoms with van der Waals surface area (Å²) in [4.78, 5) is 10.7. The SMILES string of the molecule is O=CNN(CCCC1CCCC1)CCCC1CCCC1. The maximum Gasteiger partial charge on any atom is 0.221 e. The molecular weight excluding hydrogens is 248 g/mol. The van der Waals surface area contributed by atoms with Gasteiger partial charge in [0, 0.05) is 13.1 Å². The smallest absolute Gasteiger partial charge is 0.221 e. The zero-order chi connectivity index (χ0) is 14.0. The van der Waals surface area contributed by atoms with Gasteiger partial charge < -0.3 is 0 Å². The highest BCUT2D eigenvalue weighted by molar-refractivity contribution is 5.44. The third kappa shape index (κ3) is 5.82. The molecule has 116 valence electrons. The molecule has 2 aliphatic rings. The lowest BCUT2D eigenvalue weighted by molar-refractivity contribution is -0.113. The average molecular weight is 280 g/mol. The quantitative estimate of drug-likeness (QED) is 0.486. The van der Waals surface area contributed by atoms with Crippen molar-refractivity contribution in [2.24, 2.45) is 11.8 Å². The number of carbonyl (C=O) groups is 1. The van der Waals surface area contributed by atoms with Crippen LogP contribution >= 0.6 is 0 Å². The number of rotatable bonds is 10. The molecule has 3 heteroatoms. The summed E-state index contributed by atoms with van der Waals surface area (Å²) in [5.74, 6) is 1.93. The van der Waals surface area contributed by atoms with Gasteiger partial charge in [-0.2, -0.15) is 0 Å². The van der Waals surface area contributed by atoms with Crippen LogP contribution in [0.25, 0.3) is 0 Å². The molecule has 1 amide bonds. The normalized spacial score (nSPS) is 20.9. The zero-order valence-electron chi connectivity index (χ0n) is 13.0. The molecule has 0 spiro atoms. The highest BCUT2D eigenvalue weighted by Gasteiger charge is 2.16. The van der Waals surface area contributed by atoms with Crippen molar-refractivity contribution in [3.05, 3.63) is 0 Å². The Kier molecular flexibility index (Phi) is 7.42. The molecule has 2 fully saturated rings. The van der Waals surface area contributed by atoms with Crippen LogP contribution in [-0.2, 0) is 4.79 Å². The summed E-state index contributed by atoms with van der Waals surface area (Å²) in [5.41, 5.74) is 2.89. The van der Waals surface area contributed by atoms with Gasteiger partial charge in [0.05, 0.1) is 0 Å². The van der Waals surface area contributed by atoms with Crippen molar-refractivity contribution in [1.82, 2.24) is 10.4 Å². The van der Waals surface area contributed by atoms with Crippen molar-refractivity contribution in [2.45, 2.75) is 77.0 Å². The lowest BCUT2D eigenvalue weighted by Gasteiger charge is -2.22. The Morgan fingerprint density at radius 3 is 1.70 bits per heavy atom. The first-order chi connectivity index (χ1) is 9.88. The van der Waals surface area contributed by atoms with E-state index in [-0.39, 0.29) is 0 Å². The summed E-state index contributed by atoms with van der Waals surface area (Å²) in [6, 6.07) is 0. The van der Waals surface area contributed by atoms with Gasteiger partial charge >= 0.3 is 0 Å². The summed E-state index contributed by atoms with van der Waals surface area (Å²) >= 11 is 0. The molecule has 0 aromatic carbocycles. The van der Waals surface area contributed by atoms with Crippen LogP contribution in [0.2, 0.25) is 0 Å². The zero-order valence-corrected chi connectivity index (χ0v) is 13.0. The van der Waals surface area contributed by atoms with Crippen LogP contribution < -0.4 is 5.43 Å². The molecular formula is C17H32N2O. The van der Waals surface area contributed by atoms with Crippen LogP contribution in [0.15, 0.2) is 0 Å². The van der Waals surface area contributed by atoms with Crippen molar-refractivity contribution in [3.8, 4) is 0 Å². The van der Waals surface area contributed by atoms with Gasteiger partial charge in [0.25, 0.3) is 0 Å². The molecule has 0 aliphatic heterocycles. The standard InChI is InChI=1S/C17H32N2O/c20-15-18-19(13-5-11-16-7-1-2-8-16)14-6-12-17-9-3-4-10-17/h15-17H,1-14H2,(H,18,20). The molecule has 2 aliphatic carbocycles. The molecule has 0 bridgehead atoms. The highest BCUT2D eigenvalue weighted by Crippen LogP contribution is 2.29. The van der Waals surface area contributed by atoms with E-state index in [1.807, 2.05) is 0 Å². The van der Waals surface area contributed by atoms with Gasteiger partial charge in [-0.15, -0.1) is 0 Å². The van der Waals surface area contributed by atoms with E-state index in [1.165, 1.54) is 77.0 Å². The molecule has 2 rings (SSSR count). The topological polar surface area (TPSA) is 32.3 Å². The Labute approximate surface area is 124 Å². The van der Waals surface area contributed by atoms with Crippen LogP contribution in [0.4, 0.5) is 0 Å². The Hall–Kier alpha value is -0.570. The highest BCUT2D eigenvalue weighted by atomic mass is 16.1. The summed E-state index contributed by atoms with van der Waals surface area (Å²) in [6.07, 6.45) is 17.5. The van der Waals surface area contributed by atoms with Gasteiger partial charge in [0.2, 0.25) is 6.41 Å². The number of hydrogen-bond acceptors (Lipinski definition) is 2. The predicted molar refractivity (Wildman–Crippen MR) is 83.2 cm³/mol. The summed E-state index contributed by atoms with van der Waals surface area (Å²) in [6.45, 7) is 2.06. The Morgan fingerprint density at radius 1 is 0.850 bits per heavy atom. The minimum absolute atomic E-state index is 0.838. The minimum atomic E-state index is 0.838. The monoisotopic (exact) mass is 280 g/mol. The maximum atomic E-state index is 10.7. The van der Waals surface area contributed by atoms with Gasteiger partial charge in [-0.1, -0.05) is 51.4 Å². The van der Waals surface area contributed by atoms with E-state index in [2.05, 4.69) is 10.4 Å². The average Bonchev–Trinajstić information content (AvgIpc) is 3.11. The van der Waals surface area contributed by atoms with Crippen LogP contribution in [0.3, 0.4) is 0 Å². The minimum Gasteiger partial charge on any atom is -0.292 e. The van der Waals surface area contributed by atoms with Crippen molar-refractivity contribution < 1.29 is 4.79 Å². The molecule has 0 heterocycles. The van der Waals surface area contributed by atoms with E-state index in [0.29, 0.717) is 0 Å². The number of hydrazine groups is 1. The van der Waals surface area contributed by atoms with E-state index in [9.17, 15) is 4.79 Å². The molecule has 0 radical (unpaired) electrons. The Bertz CT molecular complexity index is 236. The second-order valence-electron chi connectivity index (χ2n) is 6.82. The van der Waals surface area contributed by atoms with Crippen LogP contribution in [0, 0.1) is 11.8 Å². The first kappa shape index (κ1) is 15.8. The van der Waals surface area contributed by atoms with Gasteiger partial charge in [-0.25, -0.2) is 5.01 Å². The lowest BCUT2D eigenvalue weighted by Crippen LogP contribution is -2.38. The van der Waals surface area contributed by atoms with E-state index < -0.39 is 0 Å². The fourth-order valence-electron chi connectivity index (χ4n) is 4.06. The van der Waals surface area contributed by atoms with Crippen LogP contribution in [0.5, 0.6) is 0 Å². The molecule has 0 atom stereocenters. The molecule has 20 heavy (non-hydrogen) atoms. The fourth-order valence-corrected chi connectivity index (χ4v) is 4.06.